The average molecular weight is 537 g/mol. The number of amides is 1. The molecule has 10 heteroatoms. The summed E-state index contributed by atoms with van der Waals surface area (Å²) >= 11 is 3.39. The van der Waals surface area contributed by atoms with Gasteiger partial charge in [-0.15, -0.1) is 0 Å². The molecule has 3 aromatic rings. The zero-order chi connectivity index (χ0) is 24.6. The first-order valence-electron chi connectivity index (χ1n) is 9.78. The number of carbonyl (C=O) groups excluding carboxylic acids is 1. The smallest absolute Gasteiger partial charge is 0.280 e. The summed E-state index contributed by atoms with van der Waals surface area (Å²) in [6.45, 7) is 1.71. The predicted octanol–water partition coefficient (Wildman–Crippen LogP) is 6.53. The molecule has 0 radical (unpaired) electrons. The van der Waals surface area contributed by atoms with Gasteiger partial charge in [-0.2, -0.15) is 10.1 Å². The highest BCUT2D eigenvalue weighted by molar-refractivity contribution is 9.10. The second-order valence-electron chi connectivity index (χ2n) is 7.24. The third kappa shape index (κ3) is 4.33. The fourth-order valence-corrected chi connectivity index (χ4v) is 3.75. The highest BCUT2D eigenvalue weighted by atomic mass is 79.9. The summed E-state index contributed by atoms with van der Waals surface area (Å²) in [5, 5.41) is 3.88. The fraction of sp³-hybridized carbons (Fsp3) is 0.0833. The van der Waals surface area contributed by atoms with Crippen molar-refractivity contribution in [2.45, 2.75) is 13.5 Å². The Hall–Kier alpha value is -3.53. The predicted molar refractivity (Wildman–Crippen MR) is 120 cm³/mol. The molecule has 0 aliphatic carbocycles. The van der Waals surface area contributed by atoms with E-state index in [9.17, 15) is 26.7 Å². The molecule has 0 bridgehead atoms. The molecule has 0 fully saturated rings. The highest BCUT2D eigenvalue weighted by Crippen LogP contribution is 2.34. The van der Waals surface area contributed by atoms with E-state index in [0.717, 1.165) is 5.56 Å². The van der Waals surface area contributed by atoms with Crippen LogP contribution in [0.3, 0.4) is 0 Å². The van der Waals surface area contributed by atoms with E-state index in [2.05, 4.69) is 21.0 Å². The van der Waals surface area contributed by atoms with Crippen molar-refractivity contribution in [2.75, 3.05) is 5.01 Å². The molecular weight excluding hydrogens is 523 g/mol. The lowest BCUT2D eigenvalue weighted by molar-refractivity contribution is -0.114. The van der Waals surface area contributed by atoms with Gasteiger partial charge in [-0.3, -0.25) is 4.79 Å². The molecule has 3 aromatic carbocycles. The van der Waals surface area contributed by atoms with E-state index >= 15 is 0 Å². The molecule has 1 heterocycles. The van der Waals surface area contributed by atoms with Crippen LogP contribution in [-0.4, -0.2) is 11.6 Å². The minimum atomic E-state index is -2.32. The van der Waals surface area contributed by atoms with Gasteiger partial charge >= 0.3 is 0 Å². The molecule has 0 saturated heterocycles. The third-order valence-corrected chi connectivity index (χ3v) is 5.58. The van der Waals surface area contributed by atoms with Gasteiger partial charge in [0.15, 0.2) is 23.3 Å². The quantitative estimate of drug-likeness (QED) is 0.161. The summed E-state index contributed by atoms with van der Waals surface area (Å²) < 4.78 is 75.3. The number of hydrogen-bond donors (Lipinski definition) is 0. The van der Waals surface area contributed by atoms with Crippen LogP contribution in [-0.2, 0) is 11.4 Å². The van der Waals surface area contributed by atoms with Gasteiger partial charge in [0.2, 0.25) is 5.82 Å². The van der Waals surface area contributed by atoms with Gasteiger partial charge in [0.1, 0.15) is 18.0 Å². The van der Waals surface area contributed by atoms with E-state index < -0.39 is 40.7 Å². The van der Waals surface area contributed by atoms with Gasteiger partial charge in [-0.05, 0) is 52.2 Å². The maximum Gasteiger partial charge on any atom is 0.280 e. The van der Waals surface area contributed by atoms with Crippen molar-refractivity contribution in [3.05, 3.63) is 98.8 Å². The van der Waals surface area contributed by atoms with E-state index in [1.807, 2.05) is 30.3 Å². The van der Waals surface area contributed by atoms with Crippen molar-refractivity contribution in [2.24, 2.45) is 5.10 Å². The summed E-state index contributed by atoms with van der Waals surface area (Å²) in [7, 11) is 0. The second kappa shape index (κ2) is 9.38. The van der Waals surface area contributed by atoms with E-state index in [-0.39, 0.29) is 16.3 Å². The standard InChI is InChI=1S/C24H14BrF5N2O2/c1-12-15(24(33)32(31-12)23-21(29)19(27)18(26)20(28)22(23)30)9-14-7-8-17(16(25)10-14)34-11-13-5-3-2-4-6-13/h2-10H,11H2,1H3/b15-9+. The van der Waals surface area contributed by atoms with Gasteiger partial charge in [0.25, 0.3) is 5.91 Å². The molecule has 4 nitrogen and oxygen atoms in total. The number of hydrazone groups is 1. The van der Waals surface area contributed by atoms with Crippen molar-refractivity contribution in [3.63, 3.8) is 0 Å². The van der Waals surface area contributed by atoms with Gasteiger partial charge < -0.3 is 4.74 Å². The molecule has 34 heavy (non-hydrogen) atoms. The summed E-state index contributed by atoms with van der Waals surface area (Å²) in [6.07, 6.45) is 1.39. The van der Waals surface area contributed by atoms with Crippen LogP contribution >= 0.6 is 15.9 Å². The van der Waals surface area contributed by atoms with Crippen LogP contribution in [0, 0.1) is 29.1 Å². The van der Waals surface area contributed by atoms with Crippen molar-refractivity contribution >= 4 is 39.3 Å². The molecule has 174 valence electrons. The number of benzene rings is 3. The first-order chi connectivity index (χ1) is 16.2. The minimum absolute atomic E-state index is 0.0365. The van der Waals surface area contributed by atoms with Crippen LogP contribution in [0.4, 0.5) is 27.6 Å². The Bertz CT molecular complexity index is 1330. The number of halogens is 6. The number of ether oxygens (including phenoxy) is 1. The Morgan fingerprint density at radius 3 is 2.18 bits per heavy atom. The van der Waals surface area contributed by atoms with Gasteiger partial charge in [-0.1, -0.05) is 36.4 Å². The Morgan fingerprint density at radius 2 is 1.56 bits per heavy atom. The zero-order valence-electron chi connectivity index (χ0n) is 17.4. The Kier molecular flexibility index (Phi) is 6.52. The number of rotatable bonds is 5. The normalized spacial score (nSPS) is 14.7. The Balaban J connectivity index is 1.60. The molecule has 1 aliphatic heterocycles. The van der Waals surface area contributed by atoms with Gasteiger partial charge in [-0.25, -0.2) is 22.0 Å². The van der Waals surface area contributed by atoms with Crippen molar-refractivity contribution < 1.29 is 31.5 Å². The molecule has 1 amide bonds. The summed E-state index contributed by atoms with van der Waals surface area (Å²) in [5.41, 5.74) is 0.00607. The monoisotopic (exact) mass is 536 g/mol. The lowest BCUT2D eigenvalue weighted by Gasteiger charge is -2.15. The topological polar surface area (TPSA) is 41.9 Å². The van der Waals surface area contributed by atoms with Crippen molar-refractivity contribution in [1.82, 2.24) is 0 Å². The average Bonchev–Trinajstić information content (AvgIpc) is 3.10. The SMILES string of the molecule is CC1=NN(c2c(F)c(F)c(F)c(F)c2F)C(=O)/C1=C/c1ccc(OCc2ccccc2)c(Br)c1. The minimum Gasteiger partial charge on any atom is -0.488 e. The molecule has 0 atom stereocenters. The van der Waals surface area contributed by atoms with Crippen LogP contribution in [0.15, 0.2) is 63.7 Å². The Morgan fingerprint density at radius 1 is 0.941 bits per heavy atom. The van der Waals surface area contributed by atoms with E-state index in [0.29, 0.717) is 22.4 Å². The molecular formula is C24H14BrF5N2O2. The molecule has 0 N–H and O–H groups in total. The second-order valence-corrected chi connectivity index (χ2v) is 8.10. The number of anilines is 1. The molecule has 4 rings (SSSR count). The maximum absolute atomic E-state index is 14.2. The van der Waals surface area contributed by atoms with Crippen LogP contribution < -0.4 is 9.75 Å². The lowest BCUT2D eigenvalue weighted by Crippen LogP contribution is -2.25. The number of nitrogens with zero attached hydrogens (tertiary/aromatic N) is 2. The van der Waals surface area contributed by atoms with Gasteiger partial charge in [0.05, 0.1) is 15.8 Å². The molecule has 0 saturated carbocycles. The maximum atomic E-state index is 14.2. The summed E-state index contributed by atoms with van der Waals surface area (Å²) in [6, 6.07) is 14.4. The Labute approximate surface area is 199 Å². The summed E-state index contributed by atoms with van der Waals surface area (Å²) in [5.74, 6) is -11.4. The molecule has 0 spiro atoms. The van der Waals surface area contributed by atoms with Crippen molar-refractivity contribution in [3.8, 4) is 5.75 Å². The van der Waals surface area contributed by atoms with Crippen LogP contribution in [0.2, 0.25) is 0 Å². The van der Waals surface area contributed by atoms with Crippen molar-refractivity contribution in [1.29, 1.82) is 0 Å². The molecule has 0 unspecified atom stereocenters. The van der Waals surface area contributed by atoms with Gasteiger partial charge in [0, 0.05) is 0 Å². The zero-order valence-corrected chi connectivity index (χ0v) is 19.0. The van der Waals surface area contributed by atoms with Crippen LogP contribution in [0.25, 0.3) is 6.08 Å². The molecule has 0 aromatic heterocycles. The molecule has 1 aliphatic rings. The number of hydrogen-bond acceptors (Lipinski definition) is 3. The lowest BCUT2D eigenvalue weighted by atomic mass is 10.1. The van der Waals surface area contributed by atoms with E-state index in [1.165, 1.54) is 13.0 Å². The van der Waals surface area contributed by atoms with E-state index in [4.69, 9.17) is 4.74 Å². The number of carbonyl (C=O) groups is 1. The van der Waals surface area contributed by atoms with E-state index in [1.54, 1.807) is 18.2 Å². The first kappa shape index (κ1) is 23.6. The highest BCUT2D eigenvalue weighted by Gasteiger charge is 2.37. The van der Waals surface area contributed by atoms with Crippen LogP contribution in [0.5, 0.6) is 5.75 Å². The summed E-state index contributed by atoms with van der Waals surface area (Å²) in [4.78, 5) is 12.8. The largest absolute Gasteiger partial charge is 0.488 e. The first-order valence-corrected chi connectivity index (χ1v) is 10.6. The third-order valence-electron chi connectivity index (χ3n) is 4.97. The van der Waals surface area contributed by atoms with Crippen LogP contribution in [0.1, 0.15) is 18.1 Å². The fourth-order valence-electron chi connectivity index (χ4n) is 3.24.